The summed E-state index contributed by atoms with van der Waals surface area (Å²) >= 11 is 0. The van der Waals surface area contributed by atoms with Crippen molar-refractivity contribution >= 4 is 59.0 Å². The van der Waals surface area contributed by atoms with E-state index in [9.17, 15) is 0 Å². The number of fused-ring (bicyclic) bond motifs is 4. The van der Waals surface area contributed by atoms with Crippen molar-refractivity contribution in [2.24, 2.45) is 12.8 Å². The number of benzene rings is 1. The predicted octanol–water partition coefficient (Wildman–Crippen LogP) is 6.01. The first-order chi connectivity index (χ1) is 15.3. The third kappa shape index (κ3) is 5.34. The van der Waals surface area contributed by atoms with E-state index in [1.54, 1.807) is 0 Å². The summed E-state index contributed by atoms with van der Waals surface area (Å²) in [4.78, 5) is 12.3. The third-order valence-corrected chi connectivity index (χ3v) is 6.75. The molecular weight excluding hydrogens is 489 g/mol. The van der Waals surface area contributed by atoms with Gasteiger partial charge < -0.3 is 10.3 Å². The van der Waals surface area contributed by atoms with Crippen LogP contribution in [-0.2, 0) is 20.0 Å². The van der Waals surface area contributed by atoms with E-state index in [1.807, 2.05) is 12.4 Å². The quantitative estimate of drug-likeness (QED) is 0.302. The van der Waals surface area contributed by atoms with E-state index in [1.165, 1.54) is 39.5 Å². The van der Waals surface area contributed by atoms with Crippen molar-refractivity contribution in [3.8, 4) is 0 Å². The van der Waals surface area contributed by atoms with Crippen LogP contribution in [0.1, 0.15) is 48.7 Å². The molecule has 0 amide bonds. The Labute approximate surface area is 220 Å². The minimum atomic E-state index is 0. The molecule has 1 aliphatic rings. The normalized spacial score (nSPS) is 14.9. The predicted molar refractivity (Wildman–Crippen MR) is 149 cm³/mol. The number of rotatable bonds is 7. The van der Waals surface area contributed by atoms with Gasteiger partial charge in [-0.1, -0.05) is 24.3 Å². The highest BCUT2D eigenvalue weighted by Gasteiger charge is 2.28. The Kier molecular flexibility index (Phi) is 10.6. The van der Waals surface area contributed by atoms with E-state index < -0.39 is 0 Å². The molecule has 0 saturated carbocycles. The largest absolute Gasteiger partial charge is 0.342 e. The Hall–Kier alpha value is -1.89. The molecule has 0 fully saturated rings. The molecular formula is C26H34Cl3N5. The van der Waals surface area contributed by atoms with Crippen molar-refractivity contribution in [3.63, 3.8) is 0 Å². The maximum absolute atomic E-state index is 5.81. The number of nitrogens with two attached hydrogens (primary N) is 1. The maximum Gasteiger partial charge on any atom is 0.0786 e. The van der Waals surface area contributed by atoms with Crippen molar-refractivity contribution in [2.75, 3.05) is 13.1 Å². The molecule has 0 bridgehead atoms. The first kappa shape index (κ1) is 28.3. The molecule has 34 heavy (non-hydrogen) atoms. The lowest BCUT2D eigenvalue weighted by Crippen LogP contribution is -2.33. The van der Waals surface area contributed by atoms with Gasteiger partial charge in [-0.25, -0.2) is 0 Å². The van der Waals surface area contributed by atoms with Gasteiger partial charge in [0.25, 0.3) is 0 Å². The molecule has 1 aliphatic carbocycles. The summed E-state index contributed by atoms with van der Waals surface area (Å²) in [5, 5.41) is 2.58. The summed E-state index contributed by atoms with van der Waals surface area (Å²) in [6.07, 6.45) is 9.55. The fourth-order valence-corrected chi connectivity index (χ4v) is 5.26. The van der Waals surface area contributed by atoms with Gasteiger partial charge in [-0.2, -0.15) is 0 Å². The van der Waals surface area contributed by atoms with Crippen molar-refractivity contribution in [1.29, 1.82) is 0 Å². The average Bonchev–Trinajstić information content (AvgIpc) is 3.11. The number of aryl methyl sites for hydroxylation is 2. The second kappa shape index (κ2) is 12.7. The van der Waals surface area contributed by atoms with Gasteiger partial charge in [-0.15, -0.1) is 37.2 Å². The number of unbranched alkanes of at least 4 members (excludes halogenated alkanes) is 1. The van der Waals surface area contributed by atoms with E-state index in [-0.39, 0.29) is 37.2 Å². The molecule has 0 spiro atoms. The van der Waals surface area contributed by atoms with Gasteiger partial charge >= 0.3 is 0 Å². The number of aromatic nitrogens is 3. The molecule has 1 aromatic carbocycles. The molecule has 2 N–H and O–H groups in total. The maximum atomic E-state index is 5.81. The van der Waals surface area contributed by atoms with Crippen molar-refractivity contribution in [2.45, 2.75) is 44.7 Å². The highest BCUT2D eigenvalue weighted by atomic mass is 35.5. The van der Waals surface area contributed by atoms with Crippen LogP contribution >= 0.6 is 37.2 Å². The first-order valence-electron chi connectivity index (χ1n) is 11.5. The summed E-state index contributed by atoms with van der Waals surface area (Å²) in [5.41, 5.74) is 12.1. The number of hydrogen-bond acceptors (Lipinski definition) is 4. The Bertz CT molecular complexity index is 1210. The van der Waals surface area contributed by atoms with Crippen LogP contribution in [0, 0.1) is 0 Å². The van der Waals surface area contributed by atoms with Gasteiger partial charge in [0, 0.05) is 42.3 Å². The number of halogens is 3. The number of pyridine rings is 2. The van der Waals surface area contributed by atoms with Gasteiger partial charge in [-0.05, 0) is 69.0 Å². The highest BCUT2D eigenvalue weighted by molar-refractivity contribution is 6.08. The van der Waals surface area contributed by atoms with Crippen molar-refractivity contribution in [1.82, 2.24) is 19.4 Å². The monoisotopic (exact) mass is 521 g/mol. The summed E-state index contributed by atoms with van der Waals surface area (Å²) in [6, 6.07) is 15.4. The average molecular weight is 523 g/mol. The molecule has 0 aliphatic heterocycles. The minimum Gasteiger partial charge on any atom is -0.342 e. The summed E-state index contributed by atoms with van der Waals surface area (Å²) in [7, 11) is 2.16. The Morgan fingerprint density at radius 1 is 0.971 bits per heavy atom. The minimum absolute atomic E-state index is 0. The molecule has 3 aromatic heterocycles. The topological polar surface area (TPSA) is 60.0 Å². The van der Waals surface area contributed by atoms with E-state index in [0.717, 1.165) is 51.0 Å². The Morgan fingerprint density at radius 2 is 1.79 bits per heavy atom. The molecule has 8 heteroatoms. The molecule has 0 saturated heterocycles. The number of para-hydroxylation sites is 1. The van der Waals surface area contributed by atoms with Crippen LogP contribution in [-0.4, -0.2) is 32.5 Å². The number of hydrogen-bond donors (Lipinski definition) is 1. The van der Waals surface area contributed by atoms with E-state index in [0.29, 0.717) is 6.04 Å². The van der Waals surface area contributed by atoms with E-state index in [4.69, 9.17) is 15.7 Å². The molecule has 3 heterocycles. The summed E-state index contributed by atoms with van der Waals surface area (Å²) in [5.74, 6) is 0. The zero-order valence-electron chi connectivity index (χ0n) is 19.5. The zero-order valence-corrected chi connectivity index (χ0v) is 22.0. The molecule has 0 radical (unpaired) electrons. The fraction of sp³-hybridized carbons (Fsp3) is 0.385. The molecule has 1 atom stereocenters. The van der Waals surface area contributed by atoms with Crippen molar-refractivity contribution in [3.05, 3.63) is 71.8 Å². The van der Waals surface area contributed by atoms with Crippen LogP contribution in [0.25, 0.3) is 21.8 Å². The standard InChI is InChI=1S/C26H31N5.3ClH/c1-30-23-11-3-2-10-20(23)21-13-16-28-22(26(21)30)18-31(17-5-4-14-27)24-12-6-8-19-9-7-15-29-25(19)24;;;/h2-3,7,9-11,13,15-16,24H,4-6,8,12,14,17-18,27H2,1H3;3*1H/t24-;;;/m0.../s1. The fourth-order valence-electron chi connectivity index (χ4n) is 5.26. The van der Waals surface area contributed by atoms with E-state index in [2.05, 4.69) is 59.0 Å². The molecule has 5 nitrogen and oxygen atoms in total. The highest BCUT2D eigenvalue weighted by Crippen LogP contribution is 2.35. The second-order valence-corrected chi connectivity index (χ2v) is 8.65. The van der Waals surface area contributed by atoms with E-state index >= 15 is 0 Å². The SMILES string of the molecule is Cl.Cl.Cl.Cn1c2ccccc2c2ccnc(CN(CCCCN)[C@H]3CCCc4cccnc43)c21. The van der Waals surface area contributed by atoms with Gasteiger partial charge in [0.2, 0.25) is 0 Å². The van der Waals surface area contributed by atoms with Crippen LogP contribution in [0.5, 0.6) is 0 Å². The smallest absolute Gasteiger partial charge is 0.0786 e. The Morgan fingerprint density at radius 3 is 2.62 bits per heavy atom. The summed E-state index contributed by atoms with van der Waals surface area (Å²) < 4.78 is 2.30. The van der Waals surface area contributed by atoms with Gasteiger partial charge in [0.05, 0.1) is 22.9 Å². The second-order valence-electron chi connectivity index (χ2n) is 8.65. The molecule has 4 aromatic rings. The number of nitrogens with zero attached hydrogens (tertiary/aromatic N) is 4. The lowest BCUT2D eigenvalue weighted by atomic mass is 9.90. The molecule has 0 unspecified atom stereocenters. The third-order valence-electron chi connectivity index (χ3n) is 6.75. The van der Waals surface area contributed by atoms with Crippen LogP contribution in [0.4, 0.5) is 0 Å². The van der Waals surface area contributed by atoms with Gasteiger partial charge in [0.1, 0.15) is 0 Å². The van der Waals surface area contributed by atoms with Crippen LogP contribution < -0.4 is 5.73 Å². The Balaban J connectivity index is 0.00000136. The van der Waals surface area contributed by atoms with Crippen LogP contribution in [0.2, 0.25) is 0 Å². The molecule has 5 rings (SSSR count). The van der Waals surface area contributed by atoms with Crippen LogP contribution in [0.15, 0.2) is 54.9 Å². The van der Waals surface area contributed by atoms with Crippen LogP contribution in [0.3, 0.4) is 0 Å². The zero-order chi connectivity index (χ0) is 21.2. The first-order valence-corrected chi connectivity index (χ1v) is 11.5. The lowest BCUT2D eigenvalue weighted by molar-refractivity contribution is 0.161. The van der Waals surface area contributed by atoms with Gasteiger partial charge in [-0.3, -0.25) is 14.9 Å². The summed E-state index contributed by atoms with van der Waals surface area (Å²) in [6.45, 7) is 2.58. The molecule has 184 valence electrons. The van der Waals surface area contributed by atoms with Gasteiger partial charge in [0.15, 0.2) is 0 Å². The lowest BCUT2D eigenvalue weighted by Gasteiger charge is -2.35. The van der Waals surface area contributed by atoms with Crippen molar-refractivity contribution < 1.29 is 0 Å².